The summed E-state index contributed by atoms with van der Waals surface area (Å²) in [6, 6.07) is 15.9. The lowest BCUT2D eigenvalue weighted by Crippen LogP contribution is -2.29. The van der Waals surface area contributed by atoms with Crippen molar-refractivity contribution in [1.82, 2.24) is 5.16 Å². The van der Waals surface area contributed by atoms with Crippen molar-refractivity contribution in [3.8, 4) is 11.5 Å². The first-order valence-electron chi connectivity index (χ1n) is 10.4. The number of hydrogen-bond acceptors (Lipinski definition) is 6. The minimum Gasteiger partial charge on any atom is -0.493 e. The van der Waals surface area contributed by atoms with E-state index in [9.17, 15) is 4.79 Å². The van der Waals surface area contributed by atoms with Crippen LogP contribution in [-0.2, 0) is 4.79 Å². The van der Waals surface area contributed by atoms with Crippen LogP contribution in [0.25, 0.3) is 0 Å². The molecule has 0 amide bonds. The van der Waals surface area contributed by atoms with Gasteiger partial charge in [0.15, 0.2) is 17.3 Å². The number of nitrogens with one attached hydrogen (secondary N) is 1. The first-order chi connectivity index (χ1) is 15.1. The highest BCUT2D eigenvalue weighted by molar-refractivity contribution is 6.01. The zero-order valence-electron chi connectivity index (χ0n) is 17.8. The summed E-state index contributed by atoms with van der Waals surface area (Å²) in [5.74, 6) is 1.76. The maximum Gasteiger partial charge on any atom is 0.233 e. The standard InChI is InChI=1S/C25H24N2O4/c1-14-21-22(17-10-7-11-20(29-2)24(17)30-3)23-18(26-25(21)31-27-14)12-16(13-19(23)28)15-8-5-4-6-9-15/h4-11,16,22,26H,12-13H2,1-3H3/t16-,22+/m0/s1. The highest BCUT2D eigenvalue weighted by Gasteiger charge is 2.42. The minimum absolute atomic E-state index is 0.123. The lowest BCUT2D eigenvalue weighted by molar-refractivity contribution is -0.116. The maximum absolute atomic E-state index is 13.6. The van der Waals surface area contributed by atoms with Crippen LogP contribution in [0.4, 0.5) is 5.88 Å². The molecule has 6 heteroatoms. The number of allylic oxidation sites excluding steroid dienone is 2. The van der Waals surface area contributed by atoms with Crippen LogP contribution in [-0.4, -0.2) is 25.2 Å². The third-order valence-electron chi connectivity index (χ3n) is 6.27. The molecular formula is C25H24N2O4. The van der Waals surface area contributed by atoms with E-state index < -0.39 is 0 Å². The summed E-state index contributed by atoms with van der Waals surface area (Å²) in [6.07, 6.45) is 1.19. The highest BCUT2D eigenvalue weighted by atomic mass is 16.5. The molecule has 0 bridgehead atoms. The molecular weight excluding hydrogens is 392 g/mol. The van der Waals surface area contributed by atoms with Gasteiger partial charge in [-0.15, -0.1) is 0 Å². The largest absolute Gasteiger partial charge is 0.493 e. The molecule has 3 aromatic rings. The second-order valence-corrected chi connectivity index (χ2v) is 7.98. The average molecular weight is 416 g/mol. The van der Waals surface area contributed by atoms with Gasteiger partial charge >= 0.3 is 0 Å². The van der Waals surface area contributed by atoms with Crippen molar-refractivity contribution in [1.29, 1.82) is 0 Å². The van der Waals surface area contributed by atoms with E-state index in [0.717, 1.165) is 34.5 Å². The Hall–Kier alpha value is -3.54. The fourth-order valence-corrected chi connectivity index (χ4v) is 4.88. The number of ketones is 1. The molecule has 2 aliphatic rings. The number of carbonyl (C=O) groups is 1. The summed E-state index contributed by atoms with van der Waals surface area (Å²) in [4.78, 5) is 13.6. The van der Waals surface area contributed by atoms with Gasteiger partial charge in [0, 0.05) is 23.3 Å². The molecule has 2 aromatic carbocycles. The smallest absolute Gasteiger partial charge is 0.233 e. The van der Waals surface area contributed by atoms with Gasteiger partial charge < -0.3 is 19.3 Å². The fraction of sp³-hybridized carbons (Fsp3) is 0.280. The molecule has 0 spiro atoms. The lowest BCUT2D eigenvalue weighted by Gasteiger charge is -2.35. The van der Waals surface area contributed by atoms with Crippen LogP contribution in [0.3, 0.4) is 0 Å². The van der Waals surface area contributed by atoms with Gasteiger partial charge in [-0.1, -0.05) is 47.6 Å². The van der Waals surface area contributed by atoms with Gasteiger partial charge in [0.2, 0.25) is 5.88 Å². The van der Waals surface area contributed by atoms with Crippen molar-refractivity contribution in [2.75, 3.05) is 19.5 Å². The van der Waals surface area contributed by atoms with Crippen LogP contribution in [0.5, 0.6) is 11.5 Å². The molecule has 1 aliphatic carbocycles. The Morgan fingerprint density at radius 3 is 2.58 bits per heavy atom. The first kappa shape index (κ1) is 19.4. The fourth-order valence-electron chi connectivity index (χ4n) is 4.88. The summed E-state index contributed by atoms with van der Waals surface area (Å²) in [6.45, 7) is 1.90. The van der Waals surface area contributed by atoms with Crippen LogP contribution in [0, 0.1) is 6.92 Å². The second-order valence-electron chi connectivity index (χ2n) is 7.98. The van der Waals surface area contributed by atoms with E-state index in [1.807, 2.05) is 43.3 Å². The number of anilines is 1. The number of aryl methyl sites for hydroxylation is 1. The first-order valence-corrected chi connectivity index (χ1v) is 10.4. The molecule has 0 unspecified atom stereocenters. The number of benzene rings is 2. The molecule has 0 fully saturated rings. The molecule has 6 nitrogen and oxygen atoms in total. The number of rotatable bonds is 4. The van der Waals surface area contributed by atoms with Crippen molar-refractivity contribution in [2.45, 2.75) is 31.6 Å². The topological polar surface area (TPSA) is 73.6 Å². The monoisotopic (exact) mass is 416 g/mol. The Morgan fingerprint density at radius 1 is 1.03 bits per heavy atom. The minimum atomic E-state index is -0.327. The van der Waals surface area contributed by atoms with Gasteiger partial charge in [-0.05, 0) is 30.9 Å². The summed E-state index contributed by atoms with van der Waals surface area (Å²) >= 11 is 0. The predicted molar refractivity (Wildman–Crippen MR) is 117 cm³/mol. The van der Waals surface area contributed by atoms with E-state index in [1.165, 1.54) is 5.56 Å². The highest BCUT2D eigenvalue weighted by Crippen LogP contribution is 2.51. The third-order valence-corrected chi connectivity index (χ3v) is 6.27. The Labute approximate surface area is 180 Å². The Morgan fingerprint density at radius 2 is 1.84 bits per heavy atom. The number of ether oxygens (including phenoxy) is 2. The van der Waals surface area contributed by atoms with Crippen molar-refractivity contribution in [3.05, 3.63) is 82.2 Å². The number of nitrogens with zero attached hydrogens (tertiary/aromatic N) is 1. The zero-order chi connectivity index (χ0) is 21.5. The van der Waals surface area contributed by atoms with E-state index in [4.69, 9.17) is 14.0 Å². The van der Waals surface area contributed by atoms with Crippen molar-refractivity contribution in [3.63, 3.8) is 0 Å². The Bertz CT molecular complexity index is 1180. The van der Waals surface area contributed by atoms with Crippen LogP contribution in [0.15, 0.2) is 64.3 Å². The van der Waals surface area contributed by atoms with Crippen molar-refractivity contribution >= 4 is 11.7 Å². The third kappa shape index (κ3) is 3.10. The van der Waals surface area contributed by atoms with E-state index in [0.29, 0.717) is 23.8 Å². The summed E-state index contributed by atoms with van der Waals surface area (Å²) < 4.78 is 16.9. The number of fused-ring (bicyclic) bond motifs is 1. The van der Waals surface area contributed by atoms with Crippen LogP contribution >= 0.6 is 0 Å². The summed E-state index contributed by atoms with van der Waals surface area (Å²) in [7, 11) is 3.23. The molecule has 1 N–H and O–H groups in total. The normalized spacial score (nSPS) is 20.0. The molecule has 1 aromatic heterocycles. The number of carbonyl (C=O) groups excluding carboxylic acids is 1. The van der Waals surface area contributed by atoms with Crippen LogP contribution in [0.1, 0.15) is 47.1 Å². The number of methoxy groups -OCH3 is 2. The van der Waals surface area contributed by atoms with Gasteiger partial charge in [-0.2, -0.15) is 0 Å². The molecule has 1 aliphatic heterocycles. The number of hydrogen-bond donors (Lipinski definition) is 1. The summed E-state index contributed by atoms with van der Waals surface area (Å²) in [5.41, 5.74) is 5.31. The molecule has 2 heterocycles. The van der Waals surface area contributed by atoms with Gasteiger partial charge in [0.25, 0.3) is 0 Å². The van der Waals surface area contributed by atoms with Gasteiger partial charge in [0.1, 0.15) is 0 Å². The molecule has 31 heavy (non-hydrogen) atoms. The van der Waals surface area contributed by atoms with Gasteiger partial charge in [-0.3, -0.25) is 4.79 Å². The van der Waals surface area contributed by atoms with Crippen LogP contribution in [0.2, 0.25) is 0 Å². The molecule has 0 saturated carbocycles. The quantitative estimate of drug-likeness (QED) is 0.648. The van der Waals surface area contributed by atoms with Gasteiger partial charge in [-0.25, -0.2) is 0 Å². The molecule has 158 valence electrons. The predicted octanol–water partition coefficient (Wildman–Crippen LogP) is 4.96. The molecule has 2 atom stereocenters. The van der Waals surface area contributed by atoms with E-state index in [2.05, 4.69) is 22.6 Å². The van der Waals surface area contributed by atoms with E-state index in [1.54, 1.807) is 14.2 Å². The molecule has 5 rings (SSSR count). The van der Waals surface area contributed by atoms with Crippen LogP contribution < -0.4 is 14.8 Å². The molecule has 0 saturated heterocycles. The van der Waals surface area contributed by atoms with Crippen molar-refractivity contribution < 1.29 is 18.8 Å². The average Bonchev–Trinajstić information content (AvgIpc) is 3.17. The lowest BCUT2D eigenvalue weighted by atomic mass is 9.72. The zero-order valence-corrected chi connectivity index (χ0v) is 17.8. The Kier molecular flexibility index (Phi) is 4.77. The van der Waals surface area contributed by atoms with Gasteiger partial charge in [0.05, 0.1) is 31.4 Å². The van der Waals surface area contributed by atoms with Crippen molar-refractivity contribution in [2.24, 2.45) is 0 Å². The second kappa shape index (κ2) is 7.61. The molecule has 0 radical (unpaired) electrons. The number of Topliss-reactive ketones (excluding diaryl/α,β-unsaturated/α-hetero) is 1. The Balaban J connectivity index is 1.68. The number of aromatic nitrogens is 1. The van der Waals surface area contributed by atoms with E-state index >= 15 is 0 Å². The maximum atomic E-state index is 13.6. The number of para-hydroxylation sites is 1. The SMILES string of the molecule is COc1cccc([C@H]2C3=C(C[C@H](c4ccccc4)CC3=O)Nc3onc(C)c32)c1OC. The summed E-state index contributed by atoms with van der Waals surface area (Å²) in [5, 5.41) is 7.56. The van der Waals surface area contributed by atoms with E-state index in [-0.39, 0.29) is 17.6 Å².